The fourth-order valence-corrected chi connectivity index (χ4v) is 2.14. The highest BCUT2D eigenvalue weighted by Gasteiger charge is 2.28. The van der Waals surface area contributed by atoms with Gasteiger partial charge in [-0.1, -0.05) is 12.1 Å². The largest absolute Gasteiger partial charge is 1.00 e. The van der Waals surface area contributed by atoms with Crippen molar-refractivity contribution in [1.82, 2.24) is 10.3 Å². The quantitative estimate of drug-likeness (QED) is 0.503. The van der Waals surface area contributed by atoms with Crippen molar-refractivity contribution in [2.24, 2.45) is 0 Å². The summed E-state index contributed by atoms with van der Waals surface area (Å²) in [6.07, 6.45) is 2.24. The third-order valence-electron chi connectivity index (χ3n) is 3.33. The number of carbonyl (C=O) groups excluding carboxylic acids is 2. The summed E-state index contributed by atoms with van der Waals surface area (Å²) in [6.45, 7) is 0.341. The number of halogens is 1. The highest BCUT2D eigenvalue weighted by Crippen LogP contribution is 2.31. The number of para-hydroxylation sites is 2. The van der Waals surface area contributed by atoms with E-state index in [0.717, 1.165) is 0 Å². The van der Waals surface area contributed by atoms with Gasteiger partial charge < -0.3 is 31.9 Å². The molecule has 25 heavy (non-hydrogen) atoms. The van der Waals surface area contributed by atoms with Crippen LogP contribution in [-0.2, 0) is 9.53 Å². The maximum Gasteiger partial charge on any atom is 1.00 e. The Balaban J connectivity index is 0.00000169. The lowest BCUT2D eigenvalue weighted by atomic mass is 10.2. The second-order valence-electron chi connectivity index (χ2n) is 5.03. The number of nitrogens with zero attached hydrogens (tertiary/aromatic N) is 1. The van der Waals surface area contributed by atoms with Crippen molar-refractivity contribution < 1.29 is 37.6 Å². The molecule has 7 nitrogen and oxygen atoms in total. The van der Waals surface area contributed by atoms with Gasteiger partial charge in [-0.15, -0.1) is 0 Å². The van der Waals surface area contributed by atoms with E-state index >= 15 is 0 Å². The van der Waals surface area contributed by atoms with Gasteiger partial charge in [-0.25, -0.2) is 4.79 Å². The van der Waals surface area contributed by atoms with Crippen LogP contribution >= 0.6 is 0 Å². The SMILES string of the molecule is O=C(NCCOC(=O)C1COc2ccccc2O1)c1cccnc1.[Cl-].[H+]. The molecule has 0 bridgehead atoms. The van der Waals surface area contributed by atoms with Crippen molar-refractivity contribution >= 4 is 11.9 Å². The molecule has 1 unspecified atom stereocenters. The van der Waals surface area contributed by atoms with Gasteiger partial charge in [0.05, 0.1) is 12.1 Å². The van der Waals surface area contributed by atoms with Crippen LogP contribution in [0.2, 0.25) is 0 Å². The fourth-order valence-electron chi connectivity index (χ4n) is 2.14. The summed E-state index contributed by atoms with van der Waals surface area (Å²) in [5.74, 6) is 0.311. The fraction of sp³-hybridized carbons (Fsp3) is 0.235. The van der Waals surface area contributed by atoms with Crippen LogP contribution in [0.25, 0.3) is 0 Å². The van der Waals surface area contributed by atoms with Gasteiger partial charge >= 0.3 is 7.40 Å². The molecule has 1 aromatic heterocycles. The Morgan fingerprint density at radius 3 is 2.80 bits per heavy atom. The number of fused-ring (bicyclic) bond motifs is 1. The summed E-state index contributed by atoms with van der Waals surface area (Å²) in [6, 6.07) is 10.4. The maximum atomic E-state index is 12.0. The number of nitrogens with one attached hydrogen (secondary N) is 1. The lowest BCUT2D eigenvalue weighted by Gasteiger charge is -2.24. The van der Waals surface area contributed by atoms with Crippen LogP contribution in [0.5, 0.6) is 11.5 Å². The highest BCUT2D eigenvalue weighted by molar-refractivity contribution is 5.93. The van der Waals surface area contributed by atoms with Gasteiger partial charge in [-0.2, -0.15) is 0 Å². The predicted octanol–water partition coefficient (Wildman–Crippen LogP) is -1.69. The van der Waals surface area contributed by atoms with E-state index in [1.165, 1.54) is 6.20 Å². The van der Waals surface area contributed by atoms with Crippen molar-refractivity contribution in [3.63, 3.8) is 0 Å². The van der Waals surface area contributed by atoms with Gasteiger partial charge in [-0.3, -0.25) is 9.78 Å². The van der Waals surface area contributed by atoms with Crippen LogP contribution in [0, 0.1) is 0 Å². The normalized spacial score (nSPS) is 14.8. The number of hydrogen-bond acceptors (Lipinski definition) is 6. The molecule has 0 aliphatic carbocycles. The molecule has 1 aromatic carbocycles. The van der Waals surface area contributed by atoms with E-state index in [2.05, 4.69) is 10.3 Å². The molecule has 1 aliphatic rings. The molecule has 2 heterocycles. The minimum atomic E-state index is -0.811. The number of ether oxygens (including phenoxy) is 3. The first-order valence-electron chi connectivity index (χ1n) is 7.47. The van der Waals surface area contributed by atoms with Crippen molar-refractivity contribution in [2.45, 2.75) is 6.10 Å². The smallest absolute Gasteiger partial charge is 1.00 e. The number of carbonyl (C=O) groups is 2. The maximum absolute atomic E-state index is 12.0. The summed E-state index contributed by atoms with van der Waals surface area (Å²) in [5.41, 5.74) is 0.449. The third kappa shape index (κ3) is 4.84. The number of rotatable bonds is 5. The standard InChI is InChI=1S/C17H16N2O5.ClH/c20-16(12-4-3-7-18-10-12)19-8-9-22-17(21)15-11-23-13-5-1-2-6-14(13)24-15;/h1-7,10,15H,8-9,11H2,(H,19,20);1H. The van der Waals surface area contributed by atoms with E-state index in [-0.39, 0.29) is 39.5 Å². The predicted molar refractivity (Wildman–Crippen MR) is 85.0 cm³/mol. The topological polar surface area (TPSA) is 86.8 Å². The number of hydrogen-bond donors (Lipinski definition) is 1. The lowest BCUT2D eigenvalue weighted by Crippen LogP contribution is -3.00. The van der Waals surface area contributed by atoms with E-state index < -0.39 is 12.1 Å². The van der Waals surface area contributed by atoms with Crippen molar-refractivity contribution in [3.8, 4) is 11.5 Å². The van der Waals surface area contributed by atoms with Crippen LogP contribution in [0.1, 0.15) is 11.8 Å². The molecule has 0 spiro atoms. The first-order valence-corrected chi connectivity index (χ1v) is 7.47. The molecule has 0 saturated heterocycles. The van der Waals surface area contributed by atoms with E-state index in [0.29, 0.717) is 17.1 Å². The zero-order valence-corrected chi connectivity index (χ0v) is 13.9. The molecule has 1 atom stereocenters. The van der Waals surface area contributed by atoms with Crippen LogP contribution < -0.4 is 27.2 Å². The average Bonchev–Trinajstić information content (AvgIpc) is 2.65. The zero-order valence-electron chi connectivity index (χ0n) is 14.2. The van der Waals surface area contributed by atoms with Gasteiger partial charge in [0.2, 0.25) is 6.10 Å². The summed E-state index contributed by atoms with van der Waals surface area (Å²) in [5, 5.41) is 2.64. The molecule has 0 saturated carbocycles. The second-order valence-corrected chi connectivity index (χ2v) is 5.03. The first-order chi connectivity index (χ1) is 11.7. The van der Waals surface area contributed by atoms with Crippen LogP contribution in [-0.4, -0.2) is 42.7 Å². The van der Waals surface area contributed by atoms with E-state index in [1.54, 1.807) is 36.5 Å². The Bertz CT molecular complexity index is 732. The van der Waals surface area contributed by atoms with Gasteiger partial charge in [0.1, 0.15) is 13.2 Å². The van der Waals surface area contributed by atoms with Crippen molar-refractivity contribution in [2.75, 3.05) is 19.8 Å². The Morgan fingerprint density at radius 1 is 1.24 bits per heavy atom. The molecule has 1 amide bonds. The van der Waals surface area contributed by atoms with E-state index in [4.69, 9.17) is 14.2 Å². The number of aromatic nitrogens is 1. The van der Waals surface area contributed by atoms with Gasteiger partial charge in [0.25, 0.3) is 5.91 Å². The highest BCUT2D eigenvalue weighted by atomic mass is 35.5. The molecular weight excluding hydrogens is 348 g/mol. The third-order valence-corrected chi connectivity index (χ3v) is 3.33. The Labute approximate surface area is 152 Å². The van der Waals surface area contributed by atoms with Crippen LogP contribution in [0.4, 0.5) is 0 Å². The minimum Gasteiger partial charge on any atom is -1.00 e. The summed E-state index contributed by atoms with van der Waals surface area (Å²) in [7, 11) is 0. The van der Waals surface area contributed by atoms with Gasteiger partial charge in [0, 0.05) is 12.4 Å². The average molecular weight is 365 g/mol. The molecule has 2 aromatic rings. The molecule has 8 heteroatoms. The van der Waals surface area contributed by atoms with Crippen molar-refractivity contribution in [3.05, 3.63) is 54.4 Å². The van der Waals surface area contributed by atoms with Gasteiger partial charge in [-0.05, 0) is 24.3 Å². The molecule has 0 radical (unpaired) electrons. The Hall–Kier alpha value is -2.80. The van der Waals surface area contributed by atoms with E-state index in [1.807, 2.05) is 6.07 Å². The molecule has 0 fully saturated rings. The van der Waals surface area contributed by atoms with Crippen molar-refractivity contribution in [1.29, 1.82) is 0 Å². The van der Waals surface area contributed by atoms with E-state index in [9.17, 15) is 9.59 Å². The summed E-state index contributed by atoms with van der Waals surface area (Å²) in [4.78, 5) is 27.6. The number of benzene rings is 1. The summed E-state index contributed by atoms with van der Waals surface area (Å²) < 4.78 is 16.1. The van der Waals surface area contributed by atoms with Crippen LogP contribution in [0.3, 0.4) is 0 Å². The molecule has 1 aliphatic heterocycles. The summed E-state index contributed by atoms with van der Waals surface area (Å²) >= 11 is 0. The number of pyridine rings is 1. The van der Waals surface area contributed by atoms with Crippen LogP contribution in [0.15, 0.2) is 48.8 Å². The number of esters is 1. The minimum absolute atomic E-state index is 0. The number of amides is 1. The second kappa shape index (κ2) is 8.89. The molecule has 3 rings (SSSR count). The first kappa shape index (κ1) is 18.5. The molecule has 1 N–H and O–H groups in total. The Morgan fingerprint density at radius 2 is 2.04 bits per heavy atom. The van der Waals surface area contributed by atoms with Gasteiger partial charge in [0.15, 0.2) is 11.5 Å². The monoisotopic (exact) mass is 364 g/mol. The molecular formula is C17H17ClN2O5. The molecule has 132 valence electrons. The Kier molecular flexibility index (Phi) is 6.59. The lowest BCUT2D eigenvalue weighted by molar-refractivity contribution is -0.154. The zero-order chi connectivity index (χ0) is 16.8.